The second-order valence-corrected chi connectivity index (χ2v) is 5.36. The summed E-state index contributed by atoms with van der Waals surface area (Å²) >= 11 is 0. The highest BCUT2D eigenvalue weighted by Gasteiger charge is 2.33. The van der Waals surface area contributed by atoms with E-state index in [2.05, 4.69) is 0 Å². The average Bonchev–Trinajstić information content (AvgIpc) is 2.58. The van der Waals surface area contributed by atoms with Gasteiger partial charge in [0, 0.05) is 30.4 Å². The predicted octanol–water partition coefficient (Wildman–Crippen LogP) is 3.25. The molecule has 0 aromatic heterocycles. The third-order valence-electron chi connectivity index (χ3n) is 3.50. The third kappa shape index (κ3) is 3.70. The van der Waals surface area contributed by atoms with Crippen molar-refractivity contribution in [3.63, 3.8) is 0 Å². The number of hydrogen-bond acceptors (Lipinski definition) is 3. The second-order valence-electron chi connectivity index (χ2n) is 4.95. The molecule has 0 heterocycles. The van der Waals surface area contributed by atoms with Gasteiger partial charge in [0.15, 0.2) is 22.1 Å². The van der Waals surface area contributed by atoms with E-state index in [1.165, 1.54) is 0 Å². The average molecular weight is 356 g/mol. The van der Waals surface area contributed by atoms with Crippen molar-refractivity contribution >= 4 is 10.5 Å². The minimum Gasteiger partial charge on any atom is -0.376 e. The molecule has 0 amide bonds. The number of ether oxygens (including phenoxy) is 2. The van der Waals surface area contributed by atoms with Gasteiger partial charge in [-0.15, -0.1) is 0 Å². The van der Waals surface area contributed by atoms with Crippen molar-refractivity contribution in [3.05, 3.63) is 59.4 Å². The first-order valence-electron chi connectivity index (χ1n) is 7.56. The molecule has 2 rings (SSSR count). The van der Waals surface area contributed by atoms with Crippen LogP contribution in [0, 0.1) is 17.5 Å². The van der Waals surface area contributed by atoms with E-state index in [0.29, 0.717) is 40.9 Å². The Morgan fingerprint density at radius 1 is 0.875 bits per heavy atom. The smallest absolute Gasteiger partial charge is 0.301 e. The van der Waals surface area contributed by atoms with E-state index in [4.69, 9.17) is 13.9 Å². The normalized spacial score (nSPS) is 11.9. The zero-order valence-corrected chi connectivity index (χ0v) is 15.7. The molecular weight excluding hydrogens is 337 g/mol. The van der Waals surface area contributed by atoms with Crippen LogP contribution >= 0.6 is 0 Å². The Morgan fingerprint density at radius 2 is 1.42 bits per heavy atom. The molecule has 0 unspecified atom stereocenters. The molecule has 0 fully saturated rings. The minimum atomic E-state index is -1.30. The molecule has 0 saturated carbocycles. The van der Waals surface area contributed by atoms with Crippen LogP contribution in [-0.2, 0) is 19.9 Å². The fraction of sp³-hybridized carbons (Fsp3) is 0.294. The highest BCUT2D eigenvalue weighted by molar-refractivity contribution is 5.98. The largest absolute Gasteiger partial charge is 0.376 e. The van der Waals surface area contributed by atoms with E-state index in [0.717, 1.165) is 6.07 Å². The summed E-state index contributed by atoms with van der Waals surface area (Å²) < 4.78 is 57.1. The van der Waals surface area contributed by atoms with Gasteiger partial charge in [-0.1, -0.05) is 24.3 Å². The highest BCUT2D eigenvalue weighted by Crippen LogP contribution is 2.31. The monoisotopic (exact) mass is 356 g/mol. The Bertz CT molecular complexity index is 686. The third-order valence-corrected chi connectivity index (χ3v) is 4.03. The number of benzene rings is 2. The van der Waals surface area contributed by atoms with Crippen LogP contribution < -0.4 is 0 Å². The molecule has 0 bridgehead atoms. The van der Waals surface area contributed by atoms with Crippen molar-refractivity contribution in [2.45, 2.75) is 19.8 Å². The van der Waals surface area contributed by atoms with Gasteiger partial charge in [0.1, 0.15) is 5.82 Å². The van der Waals surface area contributed by atoms with Gasteiger partial charge < -0.3 is 13.9 Å². The molecule has 24 heavy (non-hydrogen) atoms. The van der Waals surface area contributed by atoms with Crippen molar-refractivity contribution in [1.29, 1.82) is 0 Å². The van der Waals surface area contributed by atoms with Crippen LogP contribution in [0.2, 0.25) is 0 Å². The summed E-state index contributed by atoms with van der Waals surface area (Å²) in [5, 5.41) is 0. The van der Waals surface area contributed by atoms with Crippen LogP contribution in [-0.4, -0.2) is 23.7 Å². The summed E-state index contributed by atoms with van der Waals surface area (Å²) in [6.45, 7) is 4.39. The SMILES string of the molecule is CCOC(O[SiH3])(OCC)c1ccc(-c2cc(F)c(F)cc2F)cc1. The summed E-state index contributed by atoms with van der Waals surface area (Å²) in [7, 11) is 0.378. The molecule has 2 aromatic carbocycles. The van der Waals surface area contributed by atoms with E-state index < -0.39 is 23.4 Å². The molecular formula is C17H19F3O3Si. The lowest BCUT2D eigenvalue weighted by atomic mass is 10.0. The van der Waals surface area contributed by atoms with Gasteiger partial charge in [-0.05, 0) is 25.5 Å². The molecule has 2 aromatic rings. The molecule has 3 nitrogen and oxygen atoms in total. The molecule has 0 N–H and O–H groups in total. The molecule has 130 valence electrons. The zero-order valence-electron chi connectivity index (χ0n) is 13.7. The maximum Gasteiger partial charge on any atom is 0.301 e. The van der Waals surface area contributed by atoms with Crippen LogP contribution in [0.5, 0.6) is 0 Å². The van der Waals surface area contributed by atoms with Gasteiger partial charge in [-0.3, -0.25) is 0 Å². The van der Waals surface area contributed by atoms with Crippen LogP contribution in [0.4, 0.5) is 13.2 Å². The summed E-state index contributed by atoms with van der Waals surface area (Å²) in [6, 6.07) is 7.83. The van der Waals surface area contributed by atoms with Gasteiger partial charge >= 0.3 is 5.97 Å². The Labute approximate surface area is 141 Å². The van der Waals surface area contributed by atoms with Gasteiger partial charge in [-0.25, -0.2) is 13.2 Å². The molecule has 7 heteroatoms. The zero-order chi connectivity index (χ0) is 17.7. The van der Waals surface area contributed by atoms with Crippen molar-refractivity contribution in [2.24, 2.45) is 0 Å². The Balaban J connectivity index is 2.41. The van der Waals surface area contributed by atoms with E-state index in [1.54, 1.807) is 24.3 Å². The second kappa shape index (κ2) is 7.93. The van der Waals surface area contributed by atoms with Crippen LogP contribution in [0.3, 0.4) is 0 Å². The lowest BCUT2D eigenvalue weighted by Crippen LogP contribution is -2.35. The minimum absolute atomic E-state index is 0.0225. The molecule has 0 spiro atoms. The summed E-state index contributed by atoms with van der Waals surface area (Å²) in [6.07, 6.45) is 0. The fourth-order valence-electron chi connectivity index (χ4n) is 2.42. The van der Waals surface area contributed by atoms with Crippen LogP contribution in [0.15, 0.2) is 36.4 Å². The van der Waals surface area contributed by atoms with Crippen molar-refractivity contribution in [1.82, 2.24) is 0 Å². The highest BCUT2D eigenvalue weighted by atomic mass is 28.2. The lowest BCUT2D eigenvalue weighted by molar-refractivity contribution is -0.352. The molecule has 0 saturated heterocycles. The number of hydrogen-bond donors (Lipinski definition) is 0. The first-order chi connectivity index (χ1) is 11.5. The fourth-order valence-corrected chi connectivity index (χ4v) is 2.89. The summed E-state index contributed by atoms with van der Waals surface area (Å²) in [5.74, 6) is -4.46. The lowest BCUT2D eigenvalue weighted by Gasteiger charge is -2.32. The molecule has 0 aliphatic rings. The van der Waals surface area contributed by atoms with Crippen LogP contribution in [0.1, 0.15) is 19.4 Å². The Hall–Kier alpha value is -1.67. The quantitative estimate of drug-likeness (QED) is 0.433. The summed E-state index contributed by atoms with van der Waals surface area (Å²) in [5.41, 5.74) is 0.990. The standard InChI is InChI=1S/C17H19F3O3Si/c1-3-21-17(23-24,22-4-2)12-7-5-11(6-8-12)13-9-15(19)16(20)10-14(13)18/h5-10H,3-4H2,1-2,24H3. The Morgan fingerprint density at radius 3 is 1.92 bits per heavy atom. The first kappa shape index (κ1) is 18.7. The van der Waals surface area contributed by atoms with Crippen molar-refractivity contribution in [2.75, 3.05) is 13.2 Å². The van der Waals surface area contributed by atoms with Gasteiger partial charge in [0.05, 0.1) is 0 Å². The predicted molar refractivity (Wildman–Crippen MR) is 87.7 cm³/mol. The van der Waals surface area contributed by atoms with Crippen molar-refractivity contribution < 1.29 is 27.1 Å². The topological polar surface area (TPSA) is 27.7 Å². The number of rotatable bonds is 7. The molecule has 0 aliphatic carbocycles. The maximum absolute atomic E-state index is 13.9. The van der Waals surface area contributed by atoms with Gasteiger partial charge in [0.25, 0.3) is 0 Å². The Kier molecular flexibility index (Phi) is 6.17. The summed E-state index contributed by atoms with van der Waals surface area (Å²) in [4.78, 5) is 0. The molecule has 0 atom stereocenters. The van der Waals surface area contributed by atoms with Gasteiger partial charge in [0.2, 0.25) is 0 Å². The van der Waals surface area contributed by atoms with Gasteiger partial charge in [-0.2, -0.15) is 0 Å². The molecule has 0 aliphatic heterocycles. The van der Waals surface area contributed by atoms with E-state index >= 15 is 0 Å². The van der Waals surface area contributed by atoms with Crippen LogP contribution in [0.25, 0.3) is 11.1 Å². The van der Waals surface area contributed by atoms with Crippen molar-refractivity contribution in [3.8, 4) is 11.1 Å². The number of halogens is 3. The molecule has 0 radical (unpaired) electrons. The maximum atomic E-state index is 13.9. The van der Waals surface area contributed by atoms with E-state index in [1.807, 2.05) is 13.8 Å². The van der Waals surface area contributed by atoms with E-state index in [-0.39, 0.29) is 5.56 Å². The van der Waals surface area contributed by atoms with E-state index in [9.17, 15) is 13.2 Å². The first-order valence-corrected chi connectivity index (χ1v) is 8.37.